The highest BCUT2D eigenvalue weighted by molar-refractivity contribution is 7.55. The average molecular weight is 152 g/mol. The van der Waals surface area contributed by atoms with Gasteiger partial charge in [0, 0.05) is 5.79 Å². The van der Waals surface area contributed by atoms with Crippen molar-refractivity contribution in [1.82, 2.24) is 0 Å². The van der Waals surface area contributed by atoms with Crippen LogP contribution in [0.3, 0.4) is 0 Å². The molecule has 3 nitrogen and oxygen atoms in total. The summed E-state index contributed by atoms with van der Waals surface area (Å²) in [5.41, 5.74) is 0. The summed E-state index contributed by atoms with van der Waals surface area (Å²) in [7, 11) is -4.51. The molecule has 0 aliphatic rings. The molecule has 0 aromatic carbocycles. The van der Waals surface area contributed by atoms with Gasteiger partial charge in [-0.25, -0.2) is 0 Å². The molecule has 0 aromatic heterocycles. The molecule has 0 unspecified atom stereocenters. The standard InChI is InChI=1S/C5H11O3P/c1-5(2)3-4-9(6,7)8/h3-5H,1-2H3,(H2,6,7,8)/b4-3+/i3D,4D. The van der Waals surface area contributed by atoms with Gasteiger partial charge in [0.05, 0.1) is 2.74 Å². The molecular formula is C5H11O3P. The van der Waals surface area contributed by atoms with Crippen LogP contribution in [0, 0.1) is 5.92 Å². The van der Waals surface area contributed by atoms with E-state index >= 15 is 0 Å². The van der Waals surface area contributed by atoms with Gasteiger partial charge < -0.3 is 9.79 Å². The van der Waals surface area contributed by atoms with Crippen molar-refractivity contribution in [3.8, 4) is 0 Å². The number of allylic oxidation sites excluding steroid dienone is 1. The Morgan fingerprint density at radius 2 is 2.11 bits per heavy atom. The van der Waals surface area contributed by atoms with Crippen molar-refractivity contribution < 1.29 is 17.1 Å². The molecule has 54 valence electrons. The molecule has 0 bridgehead atoms. The molecule has 0 saturated heterocycles. The van der Waals surface area contributed by atoms with Crippen LogP contribution in [0.1, 0.15) is 16.6 Å². The van der Waals surface area contributed by atoms with Gasteiger partial charge >= 0.3 is 7.60 Å². The van der Waals surface area contributed by atoms with E-state index in [1.165, 1.54) is 0 Å². The zero-order chi connectivity index (χ0) is 9.23. The summed E-state index contributed by atoms with van der Waals surface area (Å²) < 4.78 is 24.4. The van der Waals surface area contributed by atoms with Gasteiger partial charge in [-0.1, -0.05) is 19.9 Å². The third-order valence-electron chi connectivity index (χ3n) is 0.499. The summed E-state index contributed by atoms with van der Waals surface area (Å²) in [6, 6.07) is -0.307. The molecule has 2 N–H and O–H groups in total. The Morgan fingerprint density at radius 3 is 2.22 bits per heavy atom. The monoisotopic (exact) mass is 152 g/mol. The van der Waals surface area contributed by atoms with Crippen LogP contribution >= 0.6 is 7.60 Å². The molecule has 0 atom stereocenters. The topological polar surface area (TPSA) is 57.5 Å². The smallest absolute Gasteiger partial charge is 0.321 e. The van der Waals surface area contributed by atoms with E-state index in [4.69, 9.17) is 12.5 Å². The zero-order valence-corrected chi connectivity index (χ0v) is 6.22. The van der Waals surface area contributed by atoms with E-state index in [9.17, 15) is 4.57 Å². The van der Waals surface area contributed by atoms with E-state index in [0.717, 1.165) is 0 Å². The van der Waals surface area contributed by atoms with Gasteiger partial charge in [0.1, 0.15) is 0 Å². The van der Waals surface area contributed by atoms with Crippen molar-refractivity contribution in [1.29, 1.82) is 0 Å². The van der Waals surface area contributed by atoms with Crippen LogP contribution in [0.2, 0.25) is 0 Å². The van der Waals surface area contributed by atoms with Crippen molar-refractivity contribution in [2.75, 3.05) is 0 Å². The number of hydrogen-bond donors (Lipinski definition) is 2. The molecule has 0 spiro atoms. The van der Waals surface area contributed by atoms with E-state index < -0.39 is 13.4 Å². The second-order valence-electron chi connectivity index (χ2n) is 1.95. The van der Waals surface area contributed by atoms with E-state index in [2.05, 4.69) is 0 Å². The van der Waals surface area contributed by atoms with Crippen LogP contribution in [0.25, 0.3) is 0 Å². The molecule has 0 aromatic rings. The zero-order valence-electron chi connectivity index (χ0n) is 7.33. The summed E-state index contributed by atoms with van der Waals surface area (Å²) in [6.07, 6.45) is 0. The van der Waals surface area contributed by atoms with Gasteiger partial charge in [0.15, 0.2) is 0 Å². The molecular weight excluding hydrogens is 139 g/mol. The first-order chi connectivity index (χ1) is 4.76. The van der Waals surface area contributed by atoms with Crippen LogP contribution in [0.15, 0.2) is 11.8 Å². The van der Waals surface area contributed by atoms with Gasteiger partial charge in [-0.3, -0.25) is 4.57 Å². The third kappa shape index (κ3) is 7.89. The normalized spacial score (nSPS) is 18.8. The largest absolute Gasteiger partial charge is 0.348 e. The van der Waals surface area contributed by atoms with Crippen molar-refractivity contribution in [3.05, 3.63) is 11.8 Å². The highest BCUT2D eigenvalue weighted by atomic mass is 31.2. The molecule has 0 aliphatic heterocycles. The molecule has 4 heteroatoms. The summed E-state index contributed by atoms with van der Waals surface area (Å²) in [5, 5.41) is 0. The first-order valence-electron chi connectivity index (χ1n) is 3.50. The average Bonchev–Trinajstić information content (AvgIpc) is 1.82. The SMILES string of the molecule is [2H]/C(=C(/[2H])P(=O)(O)O)C(C)C. The Labute approximate surface area is 57.4 Å². The fraction of sp³-hybridized carbons (Fsp3) is 0.600. The maximum absolute atomic E-state index is 10.4. The van der Waals surface area contributed by atoms with Crippen LogP contribution in [0.4, 0.5) is 0 Å². The Kier molecular flexibility index (Phi) is 1.99. The van der Waals surface area contributed by atoms with Crippen molar-refractivity contribution in [3.63, 3.8) is 0 Å². The van der Waals surface area contributed by atoms with E-state index in [-0.39, 0.29) is 12.0 Å². The van der Waals surface area contributed by atoms with Crippen molar-refractivity contribution >= 4 is 7.60 Å². The van der Waals surface area contributed by atoms with E-state index in [1.807, 2.05) is 0 Å². The Balaban J connectivity index is 4.83. The van der Waals surface area contributed by atoms with E-state index in [0.29, 0.717) is 0 Å². The molecule has 0 aliphatic carbocycles. The first kappa shape index (κ1) is 5.66. The Morgan fingerprint density at radius 1 is 1.67 bits per heavy atom. The van der Waals surface area contributed by atoms with Crippen molar-refractivity contribution in [2.45, 2.75) is 13.8 Å². The lowest BCUT2D eigenvalue weighted by Crippen LogP contribution is -1.77. The molecule has 9 heavy (non-hydrogen) atoms. The quantitative estimate of drug-likeness (QED) is 0.587. The lowest BCUT2D eigenvalue weighted by molar-refractivity contribution is 0.386. The molecule has 0 saturated carbocycles. The van der Waals surface area contributed by atoms with Crippen LogP contribution in [-0.4, -0.2) is 9.79 Å². The van der Waals surface area contributed by atoms with Gasteiger partial charge in [-0.2, -0.15) is 0 Å². The van der Waals surface area contributed by atoms with Gasteiger partial charge in [0.25, 0.3) is 0 Å². The Hall–Kier alpha value is -0.110. The molecule has 0 amide bonds. The molecule has 0 radical (unpaired) electrons. The fourth-order valence-electron chi connectivity index (χ4n) is 0.213. The van der Waals surface area contributed by atoms with Crippen LogP contribution in [0.5, 0.6) is 0 Å². The fourth-order valence-corrected chi connectivity index (χ4v) is 0.640. The summed E-state index contributed by atoms with van der Waals surface area (Å²) in [6.45, 7) is 3.21. The molecule has 0 heterocycles. The van der Waals surface area contributed by atoms with Crippen molar-refractivity contribution in [2.24, 2.45) is 5.92 Å². The predicted molar refractivity (Wildman–Crippen MR) is 36.0 cm³/mol. The maximum Gasteiger partial charge on any atom is 0.348 e. The van der Waals surface area contributed by atoms with Gasteiger partial charge in [-0.15, -0.1) is 0 Å². The van der Waals surface area contributed by atoms with Gasteiger partial charge in [0.2, 0.25) is 0 Å². The summed E-state index contributed by atoms with van der Waals surface area (Å²) in [5.74, 6) is -1.21. The highest BCUT2D eigenvalue weighted by Crippen LogP contribution is 2.36. The first-order valence-corrected chi connectivity index (χ1v) is 4.11. The van der Waals surface area contributed by atoms with Crippen LogP contribution in [-0.2, 0) is 4.57 Å². The number of rotatable bonds is 2. The third-order valence-corrected chi connectivity index (χ3v) is 0.919. The minimum Gasteiger partial charge on any atom is -0.321 e. The molecule has 0 rings (SSSR count). The second-order valence-corrected chi connectivity index (χ2v) is 3.27. The van der Waals surface area contributed by atoms with Gasteiger partial charge in [-0.05, 0) is 5.92 Å². The molecule has 0 fully saturated rings. The second kappa shape index (κ2) is 3.16. The summed E-state index contributed by atoms with van der Waals surface area (Å²) >= 11 is 0. The number of hydrogen-bond acceptors (Lipinski definition) is 1. The lowest BCUT2D eigenvalue weighted by atomic mass is 10.2. The lowest BCUT2D eigenvalue weighted by Gasteiger charge is -1.95. The minimum absolute atomic E-state index is 0.307. The summed E-state index contributed by atoms with van der Waals surface area (Å²) in [4.78, 5) is 16.9. The minimum atomic E-state index is -4.51. The van der Waals surface area contributed by atoms with E-state index in [1.54, 1.807) is 13.8 Å². The Bertz CT molecular complexity index is 218. The maximum atomic E-state index is 10.4. The van der Waals surface area contributed by atoms with Crippen LogP contribution < -0.4 is 0 Å². The highest BCUT2D eigenvalue weighted by Gasteiger charge is 2.04. The predicted octanol–water partition coefficient (Wildman–Crippen LogP) is 1.33.